The molecule has 1 aliphatic carbocycles. The van der Waals surface area contributed by atoms with Gasteiger partial charge in [0.1, 0.15) is 24.2 Å². The highest BCUT2D eigenvalue weighted by Gasteiger charge is 2.52. The van der Waals surface area contributed by atoms with E-state index in [-0.39, 0.29) is 49.1 Å². The lowest BCUT2D eigenvalue weighted by atomic mass is 9.80. The topological polar surface area (TPSA) is 104 Å². The van der Waals surface area contributed by atoms with Crippen LogP contribution in [0.3, 0.4) is 0 Å². The fourth-order valence-corrected chi connectivity index (χ4v) is 6.42. The molecule has 2 aliphatic heterocycles. The molecular formula is C29H25Cl2F6N5O3. The largest absolute Gasteiger partial charge is 0.406 e. The molecule has 2 N–H and O–H groups in total. The number of anilines is 1. The van der Waals surface area contributed by atoms with Crippen LogP contribution in [0.5, 0.6) is 0 Å². The van der Waals surface area contributed by atoms with Crippen molar-refractivity contribution >= 4 is 48.4 Å². The minimum Gasteiger partial charge on any atom is -0.340 e. The van der Waals surface area contributed by atoms with Crippen LogP contribution in [0, 0.1) is 17.5 Å². The molecule has 3 amide bonds. The quantitative estimate of drug-likeness (QED) is 0.306. The molecule has 3 aromatic rings. The maximum atomic E-state index is 14.7. The Balaban J connectivity index is 0.00000230. The summed E-state index contributed by atoms with van der Waals surface area (Å²) in [4.78, 5) is 48.4. The van der Waals surface area contributed by atoms with E-state index in [0.717, 1.165) is 0 Å². The number of aromatic nitrogens is 2. The van der Waals surface area contributed by atoms with E-state index in [1.807, 2.05) is 0 Å². The second kappa shape index (κ2) is 12.1. The van der Waals surface area contributed by atoms with Crippen LogP contribution in [-0.2, 0) is 27.8 Å². The number of hydrogen-bond donors (Lipinski definition) is 2. The number of alkyl halides is 3. The third-order valence-electron chi connectivity index (χ3n) is 8.49. The molecule has 2 aromatic heterocycles. The lowest BCUT2D eigenvalue weighted by molar-refractivity contribution is -0.170. The second-order valence-electron chi connectivity index (χ2n) is 11.1. The van der Waals surface area contributed by atoms with E-state index in [2.05, 4.69) is 20.6 Å². The Morgan fingerprint density at radius 2 is 1.84 bits per heavy atom. The molecule has 1 aromatic carbocycles. The lowest BCUT2D eigenvalue weighted by Crippen LogP contribution is -2.59. The van der Waals surface area contributed by atoms with Gasteiger partial charge in [0.25, 0.3) is 5.91 Å². The van der Waals surface area contributed by atoms with Gasteiger partial charge in [-0.2, -0.15) is 13.2 Å². The first-order valence-corrected chi connectivity index (χ1v) is 13.3. The number of rotatable bonds is 4. The Hall–Kier alpha value is -3.91. The number of pyridine rings is 2. The summed E-state index contributed by atoms with van der Waals surface area (Å²) >= 11 is 0. The average Bonchev–Trinajstić information content (AvgIpc) is 3.46. The Labute approximate surface area is 264 Å². The third kappa shape index (κ3) is 5.92. The number of carbonyl (C=O) groups excluding carboxylic acids is 3. The molecule has 0 radical (unpaired) electrons. The Bertz CT molecular complexity index is 1690. The monoisotopic (exact) mass is 675 g/mol. The molecule has 4 heterocycles. The molecular weight excluding hydrogens is 651 g/mol. The van der Waals surface area contributed by atoms with Crippen molar-refractivity contribution in [1.82, 2.24) is 20.2 Å². The third-order valence-corrected chi connectivity index (χ3v) is 8.49. The van der Waals surface area contributed by atoms with Crippen LogP contribution < -0.4 is 10.6 Å². The number of nitrogens with one attached hydrogen (secondary N) is 2. The zero-order valence-electron chi connectivity index (χ0n) is 23.3. The predicted molar refractivity (Wildman–Crippen MR) is 153 cm³/mol. The first kappa shape index (κ1) is 34.0. The van der Waals surface area contributed by atoms with E-state index in [4.69, 9.17) is 0 Å². The van der Waals surface area contributed by atoms with Crippen LogP contribution in [0.2, 0.25) is 0 Å². The van der Waals surface area contributed by atoms with E-state index >= 15 is 0 Å². The fourth-order valence-electron chi connectivity index (χ4n) is 6.42. The smallest absolute Gasteiger partial charge is 0.340 e. The molecule has 6 rings (SSSR count). The van der Waals surface area contributed by atoms with Crippen LogP contribution in [0.15, 0.2) is 42.7 Å². The van der Waals surface area contributed by atoms with Gasteiger partial charge in [-0.25, -0.2) is 18.2 Å². The van der Waals surface area contributed by atoms with Gasteiger partial charge >= 0.3 is 6.18 Å². The molecule has 1 saturated heterocycles. The van der Waals surface area contributed by atoms with Crippen LogP contribution in [-0.4, -0.2) is 57.4 Å². The Morgan fingerprint density at radius 1 is 1.11 bits per heavy atom. The highest BCUT2D eigenvalue weighted by Crippen LogP contribution is 2.46. The van der Waals surface area contributed by atoms with Crippen LogP contribution in [0.25, 0.3) is 0 Å². The average molecular weight is 676 g/mol. The first-order valence-electron chi connectivity index (χ1n) is 13.3. The number of piperidine rings is 1. The van der Waals surface area contributed by atoms with E-state index in [1.54, 1.807) is 18.3 Å². The standard InChI is InChI=1S/C29H23F6N5O3.2ClH/c1-13-17(18-6-16(30)7-20(31)23(18)32)8-21(26(42)40(13)12-29(33,34)35)38-25(41)15-5-14-9-28(10-22(14)37-11-15)19-3-2-4-36-24(19)39-27(28)43;;/h2-7,11,13,17,21H,8-10,12H2,1H3,(H,38,41)(H,36,39,43);2*1H/t13-,17-,21+,28+;;/m1../s1. The van der Waals surface area contributed by atoms with Gasteiger partial charge in [-0.15, -0.1) is 24.8 Å². The Morgan fingerprint density at radius 3 is 2.56 bits per heavy atom. The summed E-state index contributed by atoms with van der Waals surface area (Å²) in [5.74, 6) is -7.14. The fraction of sp³-hybridized carbons (Fsp3) is 0.345. The minimum atomic E-state index is -4.84. The minimum absolute atomic E-state index is 0. The number of carbonyl (C=O) groups is 3. The van der Waals surface area contributed by atoms with Gasteiger partial charge in [0.2, 0.25) is 11.8 Å². The van der Waals surface area contributed by atoms with Crippen LogP contribution in [0.1, 0.15) is 52.0 Å². The summed E-state index contributed by atoms with van der Waals surface area (Å²) in [5.41, 5.74) is 0.344. The summed E-state index contributed by atoms with van der Waals surface area (Å²) in [7, 11) is 0. The summed E-state index contributed by atoms with van der Waals surface area (Å²) in [5, 5.41) is 5.17. The maximum Gasteiger partial charge on any atom is 0.406 e. The molecule has 0 bridgehead atoms. The molecule has 0 unspecified atom stereocenters. The number of halogens is 8. The highest BCUT2D eigenvalue weighted by molar-refractivity contribution is 6.06. The van der Waals surface area contributed by atoms with Gasteiger partial charge in [-0.1, -0.05) is 6.07 Å². The van der Waals surface area contributed by atoms with Gasteiger partial charge in [0.15, 0.2) is 11.6 Å². The molecule has 8 nitrogen and oxygen atoms in total. The number of amides is 3. The van der Waals surface area contributed by atoms with Crippen molar-refractivity contribution in [3.8, 4) is 0 Å². The van der Waals surface area contributed by atoms with Crippen molar-refractivity contribution in [2.24, 2.45) is 0 Å². The van der Waals surface area contributed by atoms with E-state index < -0.39 is 77.4 Å². The first-order chi connectivity index (χ1) is 20.3. The summed E-state index contributed by atoms with van der Waals surface area (Å²) < 4.78 is 83.1. The number of hydrogen-bond acceptors (Lipinski definition) is 5. The molecule has 3 aliphatic rings. The van der Waals surface area contributed by atoms with Gasteiger partial charge in [-0.3, -0.25) is 19.4 Å². The molecule has 45 heavy (non-hydrogen) atoms. The molecule has 240 valence electrons. The number of benzene rings is 1. The Kier molecular flexibility index (Phi) is 9.15. The molecule has 16 heteroatoms. The normalized spacial score (nSPS) is 23.5. The van der Waals surface area contributed by atoms with Gasteiger partial charge in [-0.05, 0) is 49.1 Å². The second-order valence-corrected chi connectivity index (χ2v) is 11.1. The zero-order chi connectivity index (χ0) is 30.8. The lowest BCUT2D eigenvalue weighted by Gasteiger charge is -2.43. The zero-order valence-corrected chi connectivity index (χ0v) is 24.9. The van der Waals surface area contributed by atoms with E-state index in [0.29, 0.717) is 39.7 Å². The van der Waals surface area contributed by atoms with Crippen molar-refractivity contribution in [2.45, 2.75) is 55.8 Å². The van der Waals surface area contributed by atoms with Gasteiger partial charge < -0.3 is 15.5 Å². The van der Waals surface area contributed by atoms with Crippen molar-refractivity contribution in [1.29, 1.82) is 0 Å². The van der Waals surface area contributed by atoms with Crippen molar-refractivity contribution < 1.29 is 40.7 Å². The van der Waals surface area contributed by atoms with Gasteiger partial charge in [0.05, 0.1) is 11.0 Å². The van der Waals surface area contributed by atoms with Crippen LogP contribution in [0.4, 0.5) is 32.2 Å². The summed E-state index contributed by atoms with van der Waals surface area (Å²) in [6.07, 6.45) is -2.00. The van der Waals surface area contributed by atoms with E-state index in [1.165, 1.54) is 19.2 Å². The maximum absolute atomic E-state index is 14.7. The van der Waals surface area contributed by atoms with Crippen LogP contribution >= 0.6 is 24.8 Å². The predicted octanol–water partition coefficient (Wildman–Crippen LogP) is 4.79. The van der Waals surface area contributed by atoms with Crippen molar-refractivity contribution in [2.75, 3.05) is 11.9 Å². The number of fused-ring (bicyclic) bond motifs is 3. The SMILES string of the molecule is C[C@@H]1[C@H](c2cc(F)cc(F)c2F)C[C@H](NC(=O)c2cnc3c(c2)C[C@@]2(C3)C(=O)Nc3ncccc32)C(=O)N1CC(F)(F)F.Cl.Cl. The molecule has 1 fully saturated rings. The van der Waals surface area contributed by atoms with Crippen molar-refractivity contribution in [3.63, 3.8) is 0 Å². The highest BCUT2D eigenvalue weighted by atomic mass is 35.5. The molecule has 1 spiro atoms. The van der Waals surface area contributed by atoms with E-state index in [9.17, 15) is 40.7 Å². The summed E-state index contributed by atoms with van der Waals surface area (Å²) in [6, 6.07) is 3.10. The van der Waals surface area contributed by atoms with Gasteiger partial charge in [0, 0.05) is 48.1 Å². The molecule has 4 atom stereocenters. The number of likely N-dealkylation sites (tertiary alicyclic amines) is 1. The van der Waals surface area contributed by atoms with Crippen molar-refractivity contribution in [3.05, 3.63) is 88.1 Å². The summed E-state index contributed by atoms with van der Waals surface area (Å²) in [6.45, 7) is -0.488. The molecule has 0 saturated carbocycles. The number of nitrogens with zero attached hydrogens (tertiary/aromatic N) is 3.